The second-order valence-corrected chi connectivity index (χ2v) is 6.42. The molecule has 1 aromatic carbocycles. The van der Waals surface area contributed by atoms with Gasteiger partial charge in [-0.3, -0.25) is 4.79 Å². The molecule has 2 N–H and O–H groups in total. The number of hydrogen-bond acceptors (Lipinski definition) is 8. The van der Waals surface area contributed by atoms with E-state index in [2.05, 4.69) is 9.97 Å². The highest BCUT2D eigenvalue weighted by molar-refractivity contribution is 5.91. The minimum atomic E-state index is -2.40. The van der Waals surface area contributed by atoms with Gasteiger partial charge < -0.3 is 29.7 Å². The molecule has 1 aromatic heterocycles. The van der Waals surface area contributed by atoms with Crippen molar-refractivity contribution < 1.29 is 27.3 Å². The lowest BCUT2D eigenvalue weighted by atomic mass is 10.2. The second-order valence-electron chi connectivity index (χ2n) is 6.42. The van der Waals surface area contributed by atoms with Gasteiger partial charge in [0.05, 0.1) is 25.2 Å². The van der Waals surface area contributed by atoms with Crippen LogP contribution in [0.4, 0.5) is 11.8 Å². The number of nitrogens with two attached hydrogens (primary N) is 1. The molecule has 1 unspecified atom stereocenters. The molecule has 2 fully saturated rings. The van der Waals surface area contributed by atoms with Gasteiger partial charge in [-0.2, -0.15) is 4.98 Å². The average Bonchev–Trinajstić information content (AvgIpc) is 3.30. The molecule has 2 aromatic rings. The summed E-state index contributed by atoms with van der Waals surface area (Å²) in [7, 11) is 2.85. The molecule has 150 valence electrons. The molecule has 2 aliphatic heterocycles. The summed E-state index contributed by atoms with van der Waals surface area (Å²) in [6, 6.07) is 2.97. The third-order valence-electron chi connectivity index (χ3n) is 4.73. The van der Waals surface area contributed by atoms with Crippen LogP contribution in [0.25, 0.3) is 10.9 Å². The zero-order valence-corrected chi connectivity index (χ0v) is 15.6. The Balaban J connectivity index is 1.78. The number of amides is 1. The first-order valence-electron chi connectivity index (χ1n) is 11.8. The summed E-state index contributed by atoms with van der Waals surface area (Å²) >= 11 is 0. The average molecular weight is 393 g/mol. The van der Waals surface area contributed by atoms with Crippen molar-refractivity contribution in [3.05, 3.63) is 12.1 Å². The second kappa shape index (κ2) is 7.67. The standard InChI is InChI=1S/C19H25N5O4/c1-26-15-10-12-13(11-16(15)27-2)21-19(22-17(12)20)24-7-5-23(6-8-24)18(25)14-4-3-9-28-14/h10-11,14H,3-9H2,1-2H3,(H2,20,21,22)/i7D2,8D2/hD2. The van der Waals surface area contributed by atoms with Crippen LogP contribution < -0.4 is 20.1 Å². The fourth-order valence-electron chi connectivity index (χ4n) is 3.22. The Morgan fingerprint density at radius 1 is 1.29 bits per heavy atom. The first-order chi connectivity index (χ1) is 16.0. The molecule has 9 nitrogen and oxygen atoms in total. The molecule has 2 saturated heterocycles. The predicted molar refractivity (Wildman–Crippen MR) is 105 cm³/mol. The first kappa shape index (κ1) is 12.6. The van der Waals surface area contributed by atoms with Crippen molar-refractivity contribution in [2.45, 2.75) is 18.9 Å². The lowest BCUT2D eigenvalue weighted by Gasteiger charge is -2.35. The lowest BCUT2D eigenvalue weighted by Crippen LogP contribution is -2.51. The molecule has 28 heavy (non-hydrogen) atoms. The van der Waals surface area contributed by atoms with Crippen LogP contribution in [0.2, 0.25) is 2.82 Å². The number of carbonyl (C=O) groups is 1. The van der Waals surface area contributed by atoms with Gasteiger partial charge in [0.2, 0.25) is 5.95 Å². The summed E-state index contributed by atoms with van der Waals surface area (Å²) in [4.78, 5) is 23.2. The Kier molecular flexibility index (Phi) is 3.45. The third kappa shape index (κ3) is 3.37. The van der Waals surface area contributed by atoms with Gasteiger partial charge in [0.1, 0.15) is 11.9 Å². The van der Waals surface area contributed by atoms with Crippen molar-refractivity contribution in [3.8, 4) is 11.5 Å². The molecular formula is C19H25N5O4. The normalized spacial score (nSPS) is 26.4. The molecule has 0 aliphatic carbocycles. The van der Waals surface area contributed by atoms with Gasteiger partial charge in [0.25, 0.3) is 5.91 Å². The molecule has 9 heteroatoms. The molecule has 2 aliphatic rings. The minimum absolute atomic E-state index is 0.201. The number of benzene rings is 1. The van der Waals surface area contributed by atoms with Crippen LogP contribution in [0, 0.1) is 0 Å². The SMILES string of the molecule is [2H]N([2H])c1nc(N2C([2H])([2H])CN(C(=O)C3CCCO3)CC2([2H])[2H])nc2cc(OC)c(OC)cc12. The quantitative estimate of drug-likeness (QED) is 0.804. The van der Waals surface area contributed by atoms with Crippen molar-refractivity contribution in [2.75, 3.05) is 57.5 Å². The van der Waals surface area contributed by atoms with Crippen molar-refractivity contribution in [1.82, 2.24) is 14.9 Å². The van der Waals surface area contributed by atoms with Gasteiger partial charge >= 0.3 is 0 Å². The minimum Gasteiger partial charge on any atom is -0.493 e. The summed E-state index contributed by atoms with van der Waals surface area (Å²) in [5, 5.41) is 0.264. The lowest BCUT2D eigenvalue weighted by molar-refractivity contribution is -0.141. The van der Waals surface area contributed by atoms with Crippen LogP contribution in [-0.4, -0.2) is 73.8 Å². The Bertz CT molecular complexity index is 1080. The van der Waals surface area contributed by atoms with E-state index in [0.29, 0.717) is 24.5 Å². The van der Waals surface area contributed by atoms with Crippen LogP contribution in [0.3, 0.4) is 0 Å². The van der Waals surface area contributed by atoms with Crippen LogP contribution in [0.1, 0.15) is 18.3 Å². The summed E-state index contributed by atoms with van der Waals surface area (Å²) < 4.78 is 65.9. The molecular weight excluding hydrogens is 362 g/mol. The van der Waals surface area contributed by atoms with Crippen molar-refractivity contribution in [1.29, 1.82) is 0 Å². The number of methoxy groups -OCH3 is 2. The monoisotopic (exact) mass is 393 g/mol. The summed E-state index contributed by atoms with van der Waals surface area (Å²) in [5.74, 6) is -0.388. The highest BCUT2D eigenvalue weighted by Gasteiger charge is 2.31. The van der Waals surface area contributed by atoms with E-state index in [0.717, 1.165) is 16.2 Å². The Hall–Kier alpha value is -2.81. The van der Waals surface area contributed by atoms with Crippen molar-refractivity contribution in [3.63, 3.8) is 0 Å². The third-order valence-corrected chi connectivity index (χ3v) is 4.73. The molecule has 0 bridgehead atoms. The van der Waals surface area contributed by atoms with Crippen LogP contribution in [-0.2, 0) is 9.53 Å². The predicted octanol–water partition coefficient (Wildman–Crippen LogP) is 1.06. The number of anilines is 2. The number of nitrogen functional groups attached to an aromatic ring is 1. The number of fused-ring (bicyclic) bond motifs is 1. The van der Waals surface area contributed by atoms with E-state index in [1.165, 1.54) is 26.4 Å². The van der Waals surface area contributed by atoms with Crippen molar-refractivity contribution >= 4 is 28.6 Å². The summed E-state index contributed by atoms with van der Waals surface area (Å²) in [5.41, 5.74) is 0.438. The Labute approximate surface area is 171 Å². The smallest absolute Gasteiger partial charge is 0.251 e. The fraction of sp³-hybridized carbons (Fsp3) is 0.526. The highest BCUT2D eigenvalue weighted by atomic mass is 16.5. The molecule has 0 radical (unpaired) electrons. The van der Waals surface area contributed by atoms with Gasteiger partial charge in [-0.15, -0.1) is 0 Å². The number of aromatic nitrogens is 2. The molecule has 1 amide bonds. The van der Waals surface area contributed by atoms with Crippen LogP contribution in [0.5, 0.6) is 11.5 Å². The zero-order chi connectivity index (χ0) is 24.8. The Morgan fingerprint density at radius 3 is 2.68 bits per heavy atom. The topological polar surface area (TPSA) is 103 Å². The molecule has 0 saturated carbocycles. The maximum atomic E-state index is 12.8. The van der Waals surface area contributed by atoms with Gasteiger partial charge in [0.15, 0.2) is 14.3 Å². The van der Waals surface area contributed by atoms with Gasteiger partial charge in [-0.05, 0) is 18.9 Å². The maximum Gasteiger partial charge on any atom is 0.251 e. The number of carbonyl (C=O) groups excluding carboxylic acids is 1. The largest absolute Gasteiger partial charge is 0.493 e. The Morgan fingerprint density at radius 2 is 2.04 bits per heavy atom. The van der Waals surface area contributed by atoms with Crippen molar-refractivity contribution in [2.24, 2.45) is 0 Å². The zero-order valence-electron chi connectivity index (χ0n) is 21.6. The van der Waals surface area contributed by atoms with E-state index >= 15 is 0 Å². The van der Waals surface area contributed by atoms with Gasteiger partial charge in [-0.1, -0.05) is 0 Å². The number of ether oxygens (including phenoxy) is 3. The number of rotatable bonds is 5. The van der Waals surface area contributed by atoms with Crippen LogP contribution in [0.15, 0.2) is 12.1 Å². The maximum absolute atomic E-state index is 12.8. The molecule has 3 heterocycles. The van der Waals surface area contributed by atoms with E-state index in [1.54, 1.807) is 0 Å². The van der Waals surface area contributed by atoms with Crippen LogP contribution >= 0.6 is 0 Å². The summed E-state index contributed by atoms with van der Waals surface area (Å²) in [6.07, 6.45) is 0.523. The van der Waals surface area contributed by atoms with Gasteiger partial charge in [0, 0.05) is 44.1 Å². The van der Waals surface area contributed by atoms with Gasteiger partial charge in [-0.25, -0.2) is 4.98 Å². The van der Waals surface area contributed by atoms with E-state index in [4.69, 9.17) is 22.5 Å². The first-order valence-corrected chi connectivity index (χ1v) is 8.91. The van der Waals surface area contributed by atoms with E-state index in [9.17, 15) is 4.79 Å². The highest BCUT2D eigenvalue weighted by Crippen LogP contribution is 2.34. The number of piperazine rings is 1. The number of hydrogen-bond donors (Lipinski definition) is 1. The van der Waals surface area contributed by atoms with E-state index < -0.39 is 38.1 Å². The van der Waals surface area contributed by atoms with E-state index in [-0.39, 0.29) is 28.4 Å². The summed E-state index contributed by atoms with van der Waals surface area (Å²) in [6.45, 7) is -5.22. The fourth-order valence-corrected chi connectivity index (χ4v) is 3.22. The molecule has 1 atom stereocenters. The van der Waals surface area contributed by atoms with E-state index in [1.807, 2.05) is 0 Å². The molecule has 4 rings (SSSR count). The molecule has 0 spiro atoms. The number of nitrogens with zero attached hydrogens (tertiary/aromatic N) is 4.